The molecule has 1 aliphatic heterocycles. The number of benzene rings is 1. The third-order valence-electron chi connectivity index (χ3n) is 5.97. The van der Waals surface area contributed by atoms with Crippen LogP contribution in [0.4, 0.5) is 0 Å². The number of likely N-dealkylation sites (tertiary alicyclic amines) is 1. The smallest absolute Gasteiger partial charge is 0.255 e. The highest BCUT2D eigenvalue weighted by Crippen LogP contribution is 2.23. The summed E-state index contributed by atoms with van der Waals surface area (Å²) >= 11 is 0. The minimum atomic E-state index is 0.115. The highest BCUT2D eigenvalue weighted by molar-refractivity contribution is 5.80. The molecule has 0 saturated carbocycles. The van der Waals surface area contributed by atoms with Crippen molar-refractivity contribution in [2.75, 3.05) is 6.54 Å². The Hall–Kier alpha value is -2.46. The van der Waals surface area contributed by atoms with E-state index in [9.17, 15) is 4.79 Å². The third kappa shape index (κ3) is 3.88. The minimum absolute atomic E-state index is 0.115. The number of rotatable bonds is 5. The van der Waals surface area contributed by atoms with E-state index in [1.165, 1.54) is 19.3 Å². The van der Waals surface area contributed by atoms with Crippen molar-refractivity contribution in [1.29, 1.82) is 0 Å². The standard InChI is InChI=1S/C24H29N3O/c1-3-22-9-5-7-13-26(22)16-20-15-19-11-10-18(2)14-23(19)27(24(20)28)17-21-8-4-6-12-25-21/h4,6,8,10-12,14-15,22H,3,5,7,9,13,16-17H2,1-2H3/t22-/m1/s1. The third-order valence-corrected chi connectivity index (χ3v) is 5.97. The predicted octanol–water partition coefficient (Wildman–Crippen LogP) is 4.52. The van der Waals surface area contributed by atoms with E-state index < -0.39 is 0 Å². The van der Waals surface area contributed by atoms with Gasteiger partial charge in [-0.25, -0.2) is 0 Å². The van der Waals surface area contributed by atoms with Gasteiger partial charge in [0.1, 0.15) is 0 Å². The number of hydrogen-bond acceptors (Lipinski definition) is 3. The molecule has 28 heavy (non-hydrogen) atoms. The first-order valence-electron chi connectivity index (χ1n) is 10.4. The van der Waals surface area contributed by atoms with Gasteiger partial charge in [-0.1, -0.05) is 31.5 Å². The molecule has 146 valence electrons. The van der Waals surface area contributed by atoms with Crippen LogP contribution in [0.25, 0.3) is 10.9 Å². The zero-order valence-electron chi connectivity index (χ0n) is 16.9. The van der Waals surface area contributed by atoms with Gasteiger partial charge in [-0.05, 0) is 67.9 Å². The summed E-state index contributed by atoms with van der Waals surface area (Å²) in [6.07, 6.45) is 6.71. The molecule has 4 rings (SSSR count). The molecule has 0 amide bonds. The van der Waals surface area contributed by atoms with Gasteiger partial charge in [0.15, 0.2) is 0 Å². The number of piperidine rings is 1. The van der Waals surface area contributed by atoms with Crippen molar-refractivity contribution < 1.29 is 0 Å². The molecule has 4 heteroatoms. The maximum atomic E-state index is 13.5. The molecule has 3 aromatic rings. The molecule has 0 radical (unpaired) electrons. The lowest BCUT2D eigenvalue weighted by molar-refractivity contribution is 0.135. The van der Waals surface area contributed by atoms with Crippen LogP contribution in [0.5, 0.6) is 0 Å². The van der Waals surface area contributed by atoms with Crippen molar-refractivity contribution >= 4 is 10.9 Å². The monoisotopic (exact) mass is 375 g/mol. The Bertz CT molecular complexity index is 1010. The Kier molecular flexibility index (Phi) is 5.58. The average molecular weight is 376 g/mol. The van der Waals surface area contributed by atoms with Gasteiger partial charge in [0.2, 0.25) is 0 Å². The first kappa shape index (κ1) is 18.9. The van der Waals surface area contributed by atoms with Crippen LogP contribution in [0.1, 0.15) is 49.4 Å². The lowest BCUT2D eigenvalue weighted by atomic mass is 9.99. The van der Waals surface area contributed by atoms with Crippen LogP contribution in [0.3, 0.4) is 0 Å². The molecular formula is C24H29N3O. The SMILES string of the molecule is CC[C@@H]1CCCCN1Cc1cc2ccc(C)cc2n(Cc2ccccn2)c1=O. The summed E-state index contributed by atoms with van der Waals surface area (Å²) in [4.78, 5) is 20.4. The highest BCUT2D eigenvalue weighted by Gasteiger charge is 2.22. The Morgan fingerprint density at radius 1 is 1.11 bits per heavy atom. The Balaban J connectivity index is 1.78. The van der Waals surface area contributed by atoms with Crippen molar-refractivity contribution in [3.05, 3.63) is 75.8 Å². The molecule has 0 aliphatic carbocycles. The lowest BCUT2D eigenvalue weighted by Crippen LogP contribution is -2.40. The molecule has 0 bridgehead atoms. The second-order valence-corrected chi connectivity index (χ2v) is 7.97. The molecule has 0 N–H and O–H groups in total. The van der Waals surface area contributed by atoms with Crippen molar-refractivity contribution in [1.82, 2.24) is 14.5 Å². The molecule has 1 aromatic carbocycles. The predicted molar refractivity (Wildman–Crippen MR) is 115 cm³/mol. The van der Waals surface area contributed by atoms with Gasteiger partial charge in [-0.3, -0.25) is 14.7 Å². The molecule has 0 spiro atoms. The van der Waals surface area contributed by atoms with E-state index in [1.807, 2.05) is 22.8 Å². The number of hydrogen-bond donors (Lipinski definition) is 0. The number of nitrogens with zero attached hydrogens (tertiary/aromatic N) is 3. The zero-order valence-corrected chi connectivity index (χ0v) is 16.9. The van der Waals surface area contributed by atoms with Gasteiger partial charge < -0.3 is 4.57 Å². The van der Waals surface area contributed by atoms with Crippen LogP contribution in [0.15, 0.2) is 53.5 Å². The molecule has 1 atom stereocenters. The molecule has 2 aromatic heterocycles. The average Bonchev–Trinajstić information content (AvgIpc) is 2.72. The van der Waals surface area contributed by atoms with Gasteiger partial charge in [0.05, 0.1) is 17.8 Å². The Labute approximate surface area is 166 Å². The van der Waals surface area contributed by atoms with E-state index in [4.69, 9.17) is 0 Å². The minimum Gasteiger partial charge on any atom is -0.302 e. The van der Waals surface area contributed by atoms with E-state index in [-0.39, 0.29) is 5.56 Å². The Morgan fingerprint density at radius 3 is 2.79 bits per heavy atom. The van der Waals surface area contributed by atoms with Crippen LogP contribution in [-0.4, -0.2) is 27.0 Å². The van der Waals surface area contributed by atoms with Crippen molar-refractivity contribution in [2.45, 2.75) is 58.7 Å². The summed E-state index contributed by atoms with van der Waals surface area (Å²) in [5.41, 5.74) is 4.08. The maximum Gasteiger partial charge on any atom is 0.255 e. The second kappa shape index (κ2) is 8.27. The van der Waals surface area contributed by atoms with Gasteiger partial charge in [0, 0.05) is 24.3 Å². The molecule has 0 unspecified atom stereocenters. The summed E-state index contributed by atoms with van der Waals surface area (Å²) in [6, 6.07) is 14.9. The maximum absolute atomic E-state index is 13.5. The normalized spacial score (nSPS) is 17.9. The fraction of sp³-hybridized carbons (Fsp3) is 0.417. The van der Waals surface area contributed by atoms with Crippen molar-refractivity contribution in [3.63, 3.8) is 0 Å². The molecule has 4 nitrogen and oxygen atoms in total. The van der Waals surface area contributed by atoms with E-state index in [2.05, 4.69) is 48.0 Å². The summed E-state index contributed by atoms with van der Waals surface area (Å²) in [7, 11) is 0. The van der Waals surface area contributed by atoms with E-state index >= 15 is 0 Å². The lowest BCUT2D eigenvalue weighted by Gasteiger charge is -2.35. The summed E-state index contributed by atoms with van der Waals surface area (Å²) in [6.45, 7) is 6.66. The molecule has 1 saturated heterocycles. The first-order chi connectivity index (χ1) is 13.7. The topological polar surface area (TPSA) is 38.1 Å². The van der Waals surface area contributed by atoms with Gasteiger partial charge in [-0.2, -0.15) is 0 Å². The number of pyridine rings is 2. The van der Waals surface area contributed by atoms with Crippen LogP contribution in [0.2, 0.25) is 0 Å². The van der Waals surface area contributed by atoms with Gasteiger partial charge in [-0.15, -0.1) is 0 Å². The van der Waals surface area contributed by atoms with E-state index in [0.717, 1.165) is 47.2 Å². The largest absolute Gasteiger partial charge is 0.302 e. The van der Waals surface area contributed by atoms with Gasteiger partial charge in [0.25, 0.3) is 5.56 Å². The fourth-order valence-corrected chi connectivity index (χ4v) is 4.41. The highest BCUT2D eigenvalue weighted by atomic mass is 16.1. The van der Waals surface area contributed by atoms with Gasteiger partial charge >= 0.3 is 0 Å². The molecule has 3 heterocycles. The number of aromatic nitrogens is 2. The number of fused-ring (bicyclic) bond motifs is 1. The van der Waals surface area contributed by atoms with Crippen LogP contribution in [-0.2, 0) is 13.1 Å². The summed E-state index contributed by atoms with van der Waals surface area (Å²) in [5, 5.41) is 1.13. The van der Waals surface area contributed by atoms with Crippen LogP contribution in [0, 0.1) is 6.92 Å². The van der Waals surface area contributed by atoms with Crippen molar-refractivity contribution in [2.24, 2.45) is 0 Å². The van der Waals surface area contributed by atoms with Crippen LogP contribution < -0.4 is 5.56 Å². The van der Waals surface area contributed by atoms with E-state index in [0.29, 0.717) is 12.6 Å². The fourth-order valence-electron chi connectivity index (χ4n) is 4.41. The zero-order chi connectivity index (χ0) is 19.5. The second-order valence-electron chi connectivity index (χ2n) is 7.97. The molecule has 1 aliphatic rings. The quantitative estimate of drug-likeness (QED) is 0.658. The molecule has 1 fully saturated rings. The number of aryl methyl sites for hydroxylation is 1. The first-order valence-corrected chi connectivity index (χ1v) is 10.4. The van der Waals surface area contributed by atoms with E-state index in [1.54, 1.807) is 6.20 Å². The van der Waals surface area contributed by atoms with Crippen LogP contribution >= 0.6 is 0 Å². The van der Waals surface area contributed by atoms with Crippen molar-refractivity contribution in [3.8, 4) is 0 Å². The summed E-state index contributed by atoms with van der Waals surface area (Å²) < 4.78 is 1.91. The summed E-state index contributed by atoms with van der Waals surface area (Å²) in [5.74, 6) is 0. The Morgan fingerprint density at radius 2 is 2.00 bits per heavy atom. The molecular weight excluding hydrogens is 346 g/mol.